The van der Waals surface area contributed by atoms with Crippen molar-refractivity contribution in [3.05, 3.63) is 83.4 Å². The zero-order valence-electron chi connectivity index (χ0n) is 29.6. The molecular weight excluding hydrogens is 646 g/mol. The van der Waals surface area contributed by atoms with E-state index in [0.29, 0.717) is 42.7 Å². The molecule has 51 heavy (non-hydrogen) atoms. The molecule has 1 saturated carbocycles. The molecule has 5 aliphatic rings. The summed E-state index contributed by atoms with van der Waals surface area (Å²) in [6, 6.07) is 21.3. The third kappa shape index (κ3) is 8.36. The van der Waals surface area contributed by atoms with Crippen LogP contribution in [0.2, 0.25) is 0 Å². The van der Waals surface area contributed by atoms with Gasteiger partial charge in [-0.1, -0.05) is 55.3 Å². The molecule has 1 unspecified atom stereocenters. The van der Waals surface area contributed by atoms with Crippen LogP contribution in [0.4, 0.5) is 5.69 Å². The SMILES string of the molecule is O=C1COc2c(cc(O)cc2[C@@H](O)CNCCc2ccc(OCCC[N+]34CCC(CC3)[C@@H](OCC(O)(c3ccccc3)C3CCCC3)C4)cc2)N1. The normalized spacial score (nSPS) is 24.7. The minimum Gasteiger partial charge on any atom is -0.508 e. The second-order valence-electron chi connectivity index (χ2n) is 15.2. The topological polar surface area (TPSA) is 130 Å². The van der Waals surface area contributed by atoms with Crippen molar-refractivity contribution in [3.8, 4) is 17.2 Å². The number of nitrogens with zero attached hydrogens (tertiary/aromatic N) is 1. The fraction of sp³-hybridized carbons (Fsp3) is 0.537. The first-order chi connectivity index (χ1) is 24.8. The number of carbonyl (C=O) groups is 1. The van der Waals surface area contributed by atoms with Crippen LogP contribution in [-0.2, 0) is 21.6 Å². The number of piperidine rings is 3. The van der Waals surface area contributed by atoms with Crippen LogP contribution in [0.3, 0.4) is 0 Å². The number of aliphatic hydroxyl groups excluding tert-OH is 1. The summed E-state index contributed by atoms with van der Waals surface area (Å²) in [5.74, 6) is 1.77. The zero-order chi connectivity index (χ0) is 35.3. The standard InChI is InChI=1S/C41H53N3O7/c45-33-23-35(40-36(24-33)43-39(47)27-50-40)37(46)25-42-18-15-29-11-13-34(14-12-29)49-22-6-19-44-20-16-30(17-21-44)38(26-44)51-28-41(48,32-9-4-5-10-32)31-7-2-1-3-8-31/h1-3,7-8,11-14,23-24,30,32,37-38,42,46,48H,4-6,9-10,15-22,25-28H2,(H-,43,45,47)/p+1/t30?,37-,38-,41?,44?/m0/s1. The van der Waals surface area contributed by atoms with E-state index >= 15 is 0 Å². The van der Waals surface area contributed by atoms with E-state index < -0.39 is 11.7 Å². The second kappa shape index (κ2) is 15.9. The molecule has 4 fully saturated rings. The fourth-order valence-electron chi connectivity index (χ4n) is 8.91. The van der Waals surface area contributed by atoms with E-state index in [1.165, 1.54) is 50.9 Å². The van der Waals surface area contributed by atoms with Crippen LogP contribution in [0.25, 0.3) is 0 Å². The average Bonchev–Trinajstić information content (AvgIpc) is 3.71. The van der Waals surface area contributed by atoms with Crippen molar-refractivity contribution in [1.29, 1.82) is 0 Å². The highest BCUT2D eigenvalue weighted by molar-refractivity contribution is 5.96. The average molecular weight is 701 g/mol. The van der Waals surface area contributed by atoms with Crippen molar-refractivity contribution >= 4 is 11.6 Å². The first-order valence-corrected chi connectivity index (χ1v) is 18.9. The van der Waals surface area contributed by atoms with E-state index in [9.17, 15) is 20.1 Å². The van der Waals surface area contributed by atoms with Gasteiger partial charge in [0.1, 0.15) is 35.5 Å². The third-order valence-corrected chi connectivity index (χ3v) is 11.8. The largest absolute Gasteiger partial charge is 0.508 e. The van der Waals surface area contributed by atoms with Gasteiger partial charge in [0.25, 0.3) is 5.91 Å². The van der Waals surface area contributed by atoms with E-state index in [4.69, 9.17) is 14.2 Å². The van der Waals surface area contributed by atoms with Crippen LogP contribution in [0.15, 0.2) is 66.7 Å². The van der Waals surface area contributed by atoms with Crippen LogP contribution in [0.1, 0.15) is 67.7 Å². The molecule has 1 aliphatic carbocycles. The number of nitrogens with one attached hydrogen (secondary N) is 2. The minimum absolute atomic E-state index is 0.0437. The fourth-order valence-corrected chi connectivity index (χ4v) is 8.91. The van der Waals surface area contributed by atoms with Gasteiger partial charge in [0.2, 0.25) is 0 Å². The number of ether oxygens (including phenoxy) is 3. The van der Waals surface area contributed by atoms with E-state index in [1.54, 1.807) is 0 Å². The molecule has 8 rings (SSSR count). The van der Waals surface area contributed by atoms with E-state index in [0.717, 1.165) is 60.1 Å². The maximum absolute atomic E-state index is 12.0. The summed E-state index contributed by atoms with van der Waals surface area (Å²) >= 11 is 0. The Hall–Kier alpha value is -3.67. The van der Waals surface area contributed by atoms with Crippen molar-refractivity contribution in [2.45, 2.75) is 69.2 Å². The van der Waals surface area contributed by atoms with Crippen molar-refractivity contribution in [3.63, 3.8) is 0 Å². The zero-order valence-corrected chi connectivity index (χ0v) is 29.6. The summed E-state index contributed by atoms with van der Waals surface area (Å²) in [5, 5.41) is 38.8. The number of rotatable bonds is 16. The molecule has 10 nitrogen and oxygen atoms in total. The second-order valence-corrected chi connectivity index (χ2v) is 15.2. The Balaban J connectivity index is 0.832. The molecule has 274 valence electrons. The molecule has 10 heteroatoms. The lowest BCUT2D eigenvalue weighted by atomic mass is 9.80. The number of hydrogen-bond acceptors (Lipinski definition) is 8. The molecular formula is C41H54N3O7+. The number of amides is 1. The summed E-state index contributed by atoms with van der Waals surface area (Å²) in [6.07, 6.45) is 7.97. The highest BCUT2D eigenvalue weighted by Crippen LogP contribution is 2.43. The van der Waals surface area contributed by atoms with Crippen LogP contribution >= 0.6 is 0 Å². The first kappa shape index (κ1) is 35.7. The predicted molar refractivity (Wildman–Crippen MR) is 195 cm³/mol. The Labute approximate surface area is 301 Å². The summed E-state index contributed by atoms with van der Waals surface area (Å²) in [5.41, 5.74) is 2.05. The molecule has 3 aromatic carbocycles. The lowest BCUT2D eigenvalue weighted by Crippen LogP contribution is -2.65. The number of phenolic OH excluding ortho intramolecular Hbond substituents is 1. The number of phenols is 1. The smallest absolute Gasteiger partial charge is 0.262 e. The van der Waals surface area contributed by atoms with Gasteiger partial charge < -0.3 is 44.6 Å². The predicted octanol–water partition coefficient (Wildman–Crippen LogP) is 5.06. The Morgan fingerprint density at radius 3 is 2.55 bits per heavy atom. The quantitative estimate of drug-likeness (QED) is 0.104. The van der Waals surface area contributed by atoms with Crippen molar-refractivity contribution in [2.75, 3.05) is 64.4 Å². The van der Waals surface area contributed by atoms with Gasteiger partial charge in [0.15, 0.2) is 6.61 Å². The molecule has 0 aromatic heterocycles. The van der Waals surface area contributed by atoms with Gasteiger partial charge in [-0.3, -0.25) is 4.79 Å². The van der Waals surface area contributed by atoms with E-state index in [1.807, 2.05) is 30.3 Å². The molecule has 3 aromatic rings. The maximum Gasteiger partial charge on any atom is 0.262 e. The molecule has 5 N–H and O–H groups in total. The van der Waals surface area contributed by atoms with Crippen LogP contribution in [0.5, 0.6) is 17.2 Å². The highest BCUT2D eigenvalue weighted by Gasteiger charge is 2.48. The third-order valence-electron chi connectivity index (χ3n) is 11.8. The van der Waals surface area contributed by atoms with Crippen LogP contribution in [0, 0.1) is 11.8 Å². The Morgan fingerprint density at radius 1 is 1.02 bits per heavy atom. The Morgan fingerprint density at radius 2 is 1.78 bits per heavy atom. The maximum atomic E-state index is 12.0. The number of anilines is 1. The molecule has 3 atom stereocenters. The highest BCUT2D eigenvalue weighted by atomic mass is 16.5. The number of benzene rings is 3. The molecule has 4 heterocycles. The number of fused-ring (bicyclic) bond motifs is 4. The summed E-state index contributed by atoms with van der Waals surface area (Å²) in [4.78, 5) is 11.6. The summed E-state index contributed by atoms with van der Waals surface area (Å²) in [6.45, 7) is 6.40. The molecule has 1 amide bonds. The van der Waals surface area contributed by atoms with Crippen LogP contribution in [-0.4, -0.2) is 90.9 Å². The van der Waals surface area contributed by atoms with Crippen molar-refractivity contribution in [2.24, 2.45) is 11.8 Å². The van der Waals surface area contributed by atoms with Crippen molar-refractivity contribution < 1.29 is 38.8 Å². The number of aromatic hydroxyl groups is 1. The van der Waals surface area contributed by atoms with Crippen molar-refractivity contribution in [1.82, 2.24) is 5.32 Å². The lowest BCUT2D eigenvalue weighted by molar-refractivity contribution is -0.946. The van der Waals surface area contributed by atoms with Gasteiger partial charge in [-0.05, 0) is 61.1 Å². The first-order valence-electron chi connectivity index (χ1n) is 18.9. The lowest BCUT2D eigenvalue weighted by Gasteiger charge is -2.53. The van der Waals surface area contributed by atoms with Crippen LogP contribution < -0.4 is 20.1 Å². The number of hydrogen-bond donors (Lipinski definition) is 5. The Bertz CT molecular complexity index is 1610. The van der Waals surface area contributed by atoms with Gasteiger partial charge in [-0.15, -0.1) is 0 Å². The van der Waals surface area contributed by atoms with Gasteiger partial charge >= 0.3 is 0 Å². The van der Waals surface area contributed by atoms with Gasteiger partial charge in [0, 0.05) is 43.4 Å². The monoisotopic (exact) mass is 700 g/mol. The van der Waals surface area contributed by atoms with E-state index in [2.05, 4.69) is 34.9 Å². The van der Waals surface area contributed by atoms with Gasteiger partial charge in [-0.25, -0.2) is 0 Å². The molecule has 4 aliphatic heterocycles. The molecule has 2 bridgehead atoms. The molecule has 3 saturated heterocycles. The molecule has 0 spiro atoms. The summed E-state index contributed by atoms with van der Waals surface area (Å²) < 4.78 is 19.5. The number of aliphatic hydroxyl groups is 2. The Kier molecular flexibility index (Phi) is 11.2. The van der Waals surface area contributed by atoms with Gasteiger partial charge in [-0.2, -0.15) is 0 Å². The number of carbonyl (C=O) groups excluding carboxylic acids is 1. The number of quaternary nitrogens is 1. The molecule has 0 radical (unpaired) electrons. The summed E-state index contributed by atoms with van der Waals surface area (Å²) in [7, 11) is 0. The van der Waals surface area contributed by atoms with Gasteiger partial charge in [0.05, 0.1) is 44.6 Å². The minimum atomic E-state index is -0.914. The van der Waals surface area contributed by atoms with E-state index in [-0.39, 0.29) is 36.8 Å².